The van der Waals surface area contributed by atoms with Gasteiger partial charge in [-0.1, -0.05) is 29.8 Å². The summed E-state index contributed by atoms with van der Waals surface area (Å²) < 4.78 is 0. The number of nitrogens with zero attached hydrogens (tertiary/aromatic N) is 3. The van der Waals surface area contributed by atoms with Crippen molar-refractivity contribution in [1.82, 2.24) is 14.9 Å². The fourth-order valence-corrected chi connectivity index (χ4v) is 4.70. The van der Waals surface area contributed by atoms with Crippen LogP contribution in [-0.2, 0) is 12.1 Å². The number of benzene rings is 1. The molecular formula is C21H27N3O. The third-order valence-electron chi connectivity index (χ3n) is 6.05. The van der Waals surface area contributed by atoms with Crippen LogP contribution in [0.4, 0.5) is 0 Å². The van der Waals surface area contributed by atoms with Crippen molar-refractivity contribution in [3.05, 3.63) is 59.2 Å². The van der Waals surface area contributed by atoms with Crippen molar-refractivity contribution in [3.8, 4) is 0 Å². The van der Waals surface area contributed by atoms with Crippen LogP contribution in [0.25, 0.3) is 0 Å². The van der Waals surface area contributed by atoms with E-state index >= 15 is 0 Å². The zero-order chi connectivity index (χ0) is 17.4. The minimum absolute atomic E-state index is 0.315. The lowest BCUT2D eigenvalue weighted by Gasteiger charge is -2.41. The lowest BCUT2D eigenvalue weighted by atomic mass is 9.67. The van der Waals surface area contributed by atoms with E-state index in [0.717, 1.165) is 49.4 Å². The zero-order valence-electron chi connectivity index (χ0n) is 15.2. The van der Waals surface area contributed by atoms with Gasteiger partial charge in [0, 0.05) is 43.5 Å². The van der Waals surface area contributed by atoms with Crippen molar-refractivity contribution in [1.29, 1.82) is 0 Å². The Balaban J connectivity index is 1.53. The molecule has 0 amide bonds. The van der Waals surface area contributed by atoms with Crippen LogP contribution in [0.2, 0.25) is 0 Å². The lowest BCUT2D eigenvalue weighted by Crippen LogP contribution is -2.42. The Hall–Kier alpha value is -1.78. The lowest BCUT2D eigenvalue weighted by molar-refractivity contribution is -0.0648. The maximum Gasteiger partial charge on any atom is 0.125 e. The normalized spacial score (nSPS) is 29.6. The molecule has 0 spiro atoms. The van der Waals surface area contributed by atoms with Gasteiger partial charge >= 0.3 is 0 Å². The van der Waals surface area contributed by atoms with Gasteiger partial charge in [-0.25, -0.2) is 9.97 Å². The summed E-state index contributed by atoms with van der Waals surface area (Å²) in [5.41, 5.74) is 2.80. The molecule has 2 aliphatic rings. The predicted molar refractivity (Wildman–Crippen MR) is 98.0 cm³/mol. The Morgan fingerprint density at radius 2 is 1.84 bits per heavy atom. The van der Waals surface area contributed by atoms with Gasteiger partial charge in [0.1, 0.15) is 5.82 Å². The first-order valence-corrected chi connectivity index (χ1v) is 9.34. The van der Waals surface area contributed by atoms with Gasteiger partial charge < -0.3 is 5.11 Å². The van der Waals surface area contributed by atoms with Crippen molar-refractivity contribution in [3.63, 3.8) is 0 Å². The second-order valence-corrected chi connectivity index (χ2v) is 7.88. The number of fused-ring (bicyclic) bond motifs is 1. The van der Waals surface area contributed by atoms with Crippen molar-refractivity contribution >= 4 is 0 Å². The van der Waals surface area contributed by atoms with Gasteiger partial charge in [-0.15, -0.1) is 0 Å². The van der Waals surface area contributed by atoms with Crippen LogP contribution in [0.1, 0.15) is 41.8 Å². The Morgan fingerprint density at radius 1 is 1.12 bits per heavy atom. The van der Waals surface area contributed by atoms with Crippen molar-refractivity contribution in [2.75, 3.05) is 13.1 Å². The molecule has 4 nitrogen and oxygen atoms in total. The van der Waals surface area contributed by atoms with E-state index in [1.165, 1.54) is 12.0 Å². The molecule has 0 bridgehead atoms. The molecule has 2 fully saturated rings. The molecule has 2 heterocycles. The fraction of sp³-hybridized carbons (Fsp3) is 0.524. The average molecular weight is 337 g/mol. The SMILES string of the molecule is Cc1ccc(C2(O)CCCC3CN(Cc4cnc(C)nc4)CC32)cc1. The Morgan fingerprint density at radius 3 is 2.56 bits per heavy atom. The summed E-state index contributed by atoms with van der Waals surface area (Å²) in [7, 11) is 0. The van der Waals surface area contributed by atoms with E-state index in [-0.39, 0.29) is 0 Å². The molecule has 4 heteroatoms. The molecule has 1 aromatic carbocycles. The van der Waals surface area contributed by atoms with E-state index in [2.05, 4.69) is 46.1 Å². The van der Waals surface area contributed by atoms with Crippen LogP contribution in [0.15, 0.2) is 36.7 Å². The maximum atomic E-state index is 11.6. The summed E-state index contributed by atoms with van der Waals surface area (Å²) in [5, 5.41) is 11.6. The van der Waals surface area contributed by atoms with Gasteiger partial charge in [0.25, 0.3) is 0 Å². The van der Waals surface area contributed by atoms with Crippen molar-refractivity contribution in [2.45, 2.75) is 45.3 Å². The van der Waals surface area contributed by atoms with E-state index in [1.807, 2.05) is 19.3 Å². The zero-order valence-corrected chi connectivity index (χ0v) is 15.2. The molecule has 3 unspecified atom stereocenters. The molecule has 3 atom stereocenters. The van der Waals surface area contributed by atoms with Crippen LogP contribution < -0.4 is 0 Å². The van der Waals surface area contributed by atoms with E-state index in [9.17, 15) is 5.11 Å². The molecule has 1 aromatic heterocycles. The Labute approximate surface area is 149 Å². The smallest absolute Gasteiger partial charge is 0.125 e. The summed E-state index contributed by atoms with van der Waals surface area (Å²) >= 11 is 0. The molecule has 132 valence electrons. The number of hydrogen-bond donors (Lipinski definition) is 1. The summed E-state index contributed by atoms with van der Waals surface area (Å²) in [6.07, 6.45) is 7.05. The average Bonchev–Trinajstić information content (AvgIpc) is 3.02. The van der Waals surface area contributed by atoms with Gasteiger partial charge in [-0.3, -0.25) is 4.90 Å². The minimum Gasteiger partial charge on any atom is -0.385 e. The quantitative estimate of drug-likeness (QED) is 0.934. The molecule has 1 N–H and O–H groups in total. The fourth-order valence-electron chi connectivity index (χ4n) is 4.70. The number of rotatable bonds is 3. The summed E-state index contributed by atoms with van der Waals surface area (Å²) in [4.78, 5) is 11.1. The summed E-state index contributed by atoms with van der Waals surface area (Å²) in [6.45, 7) is 6.89. The van der Waals surface area contributed by atoms with Crippen LogP contribution in [0.3, 0.4) is 0 Å². The second-order valence-electron chi connectivity index (χ2n) is 7.88. The predicted octanol–water partition coefficient (Wildman–Crippen LogP) is 3.21. The number of aromatic nitrogens is 2. The Bertz CT molecular complexity index is 728. The maximum absolute atomic E-state index is 11.6. The molecule has 0 radical (unpaired) electrons. The monoisotopic (exact) mass is 337 g/mol. The third kappa shape index (κ3) is 3.21. The molecule has 1 aliphatic heterocycles. The third-order valence-corrected chi connectivity index (χ3v) is 6.05. The van der Waals surface area contributed by atoms with Crippen LogP contribution in [0, 0.1) is 25.7 Å². The van der Waals surface area contributed by atoms with Crippen molar-refractivity contribution in [2.24, 2.45) is 11.8 Å². The molecular weight excluding hydrogens is 310 g/mol. The van der Waals surface area contributed by atoms with Gasteiger partial charge in [-0.2, -0.15) is 0 Å². The number of hydrogen-bond acceptors (Lipinski definition) is 4. The highest BCUT2D eigenvalue weighted by molar-refractivity contribution is 5.28. The van der Waals surface area contributed by atoms with Gasteiger partial charge in [0.15, 0.2) is 0 Å². The second kappa shape index (κ2) is 6.50. The molecule has 1 aliphatic carbocycles. The summed E-state index contributed by atoms with van der Waals surface area (Å²) in [6, 6.07) is 8.48. The van der Waals surface area contributed by atoms with Gasteiger partial charge in [0.05, 0.1) is 5.60 Å². The molecule has 1 saturated heterocycles. The first-order chi connectivity index (χ1) is 12.0. The molecule has 25 heavy (non-hydrogen) atoms. The van der Waals surface area contributed by atoms with Crippen LogP contribution in [0.5, 0.6) is 0 Å². The van der Waals surface area contributed by atoms with E-state index in [4.69, 9.17) is 0 Å². The largest absolute Gasteiger partial charge is 0.385 e. The molecule has 2 aromatic rings. The highest BCUT2D eigenvalue weighted by Gasteiger charge is 2.49. The molecule has 4 rings (SSSR count). The highest BCUT2D eigenvalue weighted by atomic mass is 16.3. The number of aryl methyl sites for hydroxylation is 2. The Kier molecular flexibility index (Phi) is 4.34. The topological polar surface area (TPSA) is 49.2 Å². The first-order valence-electron chi connectivity index (χ1n) is 9.34. The van der Waals surface area contributed by atoms with Crippen LogP contribution >= 0.6 is 0 Å². The number of aliphatic hydroxyl groups is 1. The summed E-state index contributed by atoms with van der Waals surface area (Å²) in [5.74, 6) is 1.70. The van der Waals surface area contributed by atoms with Gasteiger partial charge in [-0.05, 0) is 44.6 Å². The minimum atomic E-state index is -0.685. The van der Waals surface area contributed by atoms with Crippen molar-refractivity contribution < 1.29 is 5.11 Å². The first kappa shape index (κ1) is 16.7. The van der Waals surface area contributed by atoms with E-state index in [1.54, 1.807) is 0 Å². The van der Waals surface area contributed by atoms with E-state index in [0.29, 0.717) is 11.8 Å². The van der Waals surface area contributed by atoms with E-state index < -0.39 is 5.60 Å². The highest BCUT2D eigenvalue weighted by Crippen LogP contribution is 2.48. The standard InChI is InChI=1S/C21H27N3O/c1-15-5-7-19(8-6-15)21(25)9-3-4-18-13-24(14-20(18)21)12-17-10-22-16(2)23-11-17/h5-8,10-11,18,20,25H,3-4,9,12-14H2,1-2H3. The van der Waals surface area contributed by atoms with Gasteiger partial charge in [0.2, 0.25) is 0 Å². The number of likely N-dealkylation sites (tertiary alicyclic amines) is 1. The molecule has 1 saturated carbocycles. The van der Waals surface area contributed by atoms with Crippen LogP contribution in [-0.4, -0.2) is 33.1 Å².